The molecule has 1 aliphatic rings. The van der Waals surface area contributed by atoms with Crippen LogP contribution in [0.2, 0.25) is 0 Å². The van der Waals surface area contributed by atoms with Crippen molar-refractivity contribution >= 4 is 17.3 Å². The van der Waals surface area contributed by atoms with Crippen LogP contribution < -0.4 is 9.80 Å². The molecule has 0 aromatic heterocycles. The van der Waals surface area contributed by atoms with E-state index in [0.717, 1.165) is 43.0 Å². The van der Waals surface area contributed by atoms with Gasteiger partial charge in [0.1, 0.15) is 5.41 Å². The predicted octanol–water partition coefficient (Wildman–Crippen LogP) is 6.09. The average molecular weight is 443 g/mol. The summed E-state index contributed by atoms with van der Waals surface area (Å²) in [6, 6.07) is 26.6. The van der Waals surface area contributed by atoms with Crippen LogP contribution in [0.4, 0.5) is 11.4 Å². The lowest BCUT2D eigenvalue weighted by Gasteiger charge is -2.31. The van der Waals surface area contributed by atoms with E-state index in [2.05, 4.69) is 53.1 Å². The van der Waals surface area contributed by atoms with Crippen molar-refractivity contribution in [2.24, 2.45) is 0 Å². The molecule has 4 heteroatoms. The van der Waals surface area contributed by atoms with Crippen LogP contribution in [0, 0.1) is 0 Å². The standard InChI is InChI=1S/C29H34N2O2/c1-3-30(22-23-10-6-4-7-11-23)26-16-12-24(13-17-26)29(2,28(32)33)25-14-18-27(19-15-25)31-20-8-5-9-21-31/h4,6-7,10-19H,3,5,8-9,20-22H2,1-2H3,(H,32,33). The van der Waals surface area contributed by atoms with Crippen molar-refractivity contribution in [1.82, 2.24) is 0 Å². The summed E-state index contributed by atoms with van der Waals surface area (Å²) in [5.74, 6) is -0.836. The Bertz CT molecular complexity index is 1040. The number of carboxylic acids is 1. The number of hydrogen-bond donors (Lipinski definition) is 1. The Morgan fingerprint density at radius 3 is 2.00 bits per heavy atom. The van der Waals surface area contributed by atoms with Crippen LogP contribution in [0.25, 0.3) is 0 Å². The summed E-state index contributed by atoms with van der Waals surface area (Å²) in [5, 5.41) is 10.3. The van der Waals surface area contributed by atoms with E-state index in [0.29, 0.717) is 0 Å². The highest BCUT2D eigenvalue weighted by atomic mass is 16.4. The zero-order chi connectivity index (χ0) is 23.3. The summed E-state index contributed by atoms with van der Waals surface area (Å²) < 4.78 is 0. The van der Waals surface area contributed by atoms with E-state index in [1.165, 1.54) is 30.5 Å². The van der Waals surface area contributed by atoms with Gasteiger partial charge in [0.15, 0.2) is 0 Å². The zero-order valence-electron chi connectivity index (χ0n) is 19.7. The second-order valence-electron chi connectivity index (χ2n) is 9.07. The number of anilines is 2. The number of rotatable bonds is 8. The van der Waals surface area contributed by atoms with Gasteiger partial charge in [-0.15, -0.1) is 0 Å². The second-order valence-corrected chi connectivity index (χ2v) is 9.07. The van der Waals surface area contributed by atoms with Gasteiger partial charge in [0.25, 0.3) is 0 Å². The first kappa shape index (κ1) is 22.9. The van der Waals surface area contributed by atoms with E-state index in [9.17, 15) is 9.90 Å². The van der Waals surface area contributed by atoms with E-state index in [4.69, 9.17) is 0 Å². The molecule has 0 bridgehead atoms. The minimum atomic E-state index is -1.10. The Labute approximate surface area is 197 Å². The third-order valence-corrected chi connectivity index (χ3v) is 7.00. The van der Waals surface area contributed by atoms with E-state index < -0.39 is 11.4 Å². The van der Waals surface area contributed by atoms with Crippen molar-refractivity contribution in [1.29, 1.82) is 0 Å². The molecule has 0 amide bonds. The van der Waals surface area contributed by atoms with Crippen LogP contribution >= 0.6 is 0 Å². The minimum Gasteiger partial charge on any atom is -0.480 e. The molecule has 3 aromatic carbocycles. The molecule has 3 aromatic rings. The highest BCUT2D eigenvalue weighted by Crippen LogP contribution is 2.35. The lowest BCUT2D eigenvalue weighted by atomic mass is 9.76. The predicted molar refractivity (Wildman–Crippen MR) is 136 cm³/mol. The SMILES string of the molecule is CCN(Cc1ccccc1)c1ccc(C(C)(C(=O)O)c2ccc(N3CCCCC3)cc2)cc1. The fourth-order valence-electron chi connectivity index (χ4n) is 4.77. The number of carbonyl (C=O) groups is 1. The first-order valence-corrected chi connectivity index (χ1v) is 12.0. The summed E-state index contributed by atoms with van der Waals surface area (Å²) in [7, 11) is 0. The molecule has 1 atom stereocenters. The van der Waals surface area contributed by atoms with Crippen molar-refractivity contribution < 1.29 is 9.90 Å². The fourth-order valence-corrected chi connectivity index (χ4v) is 4.77. The summed E-state index contributed by atoms with van der Waals surface area (Å²) in [4.78, 5) is 17.2. The maximum Gasteiger partial charge on any atom is 0.318 e. The summed E-state index contributed by atoms with van der Waals surface area (Å²) >= 11 is 0. The van der Waals surface area contributed by atoms with Gasteiger partial charge in [-0.25, -0.2) is 0 Å². The molecular weight excluding hydrogens is 408 g/mol. The number of nitrogens with zero attached hydrogens (tertiary/aromatic N) is 2. The first-order chi connectivity index (χ1) is 16.0. The second kappa shape index (κ2) is 10.1. The van der Waals surface area contributed by atoms with Crippen molar-refractivity contribution in [3.8, 4) is 0 Å². The molecule has 0 spiro atoms. The van der Waals surface area contributed by atoms with Gasteiger partial charge in [0, 0.05) is 37.6 Å². The molecule has 1 unspecified atom stereocenters. The molecule has 0 radical (unpaired) electrons. The molecule has 1 fully saturated rings. The monoisotopic (exact) mass is 442 g/mol. The highest BCUT2D eigenvalue weighted by Gasteiger charge is 2.37. The number of piperidine rings is 1. The Morgan fingerprint density at radius 1 is 0.879 bits per heavy atom. The van der Waals surface area contributed by atoms with E-state index >= 15 is 0 Å². The molecule has 4 nitrogen and oxygen atoms in total. The van der Waals surface area contributed by atoms with Gasteiger partial charge in [-0.2, -0.15) is 0 Å². The molecule has 1 saturated heterocycles. The molecule has 1 aliphatic heterocycles. The summed E-state index contributed by atoms with van der Waals surface area (Å²) in [6.45, 7) is 7.80. The topological polar surface area (TPSA) is 43.8 Å². The van der Waals surface area contributed by atoms with Gasteiger partial charge in [0.05, 0.1) is 0 Å². The smallest absolute Gasteiger partial charge is 0.318 e. The number of benzene rings is 3. The van der Waals surface area contributed by atoms with Gasteiger partial charge < -0.3 is 14.9 Å². The van der Waals surface area contributed by atoms with E-state index in [1.54, 1.807) is 0 Å². The molecule has 1 N–H and O–H groups in total. The molecule has 0 aliphatic carbocycles. The largest absolute Gasteiger partial charge is 0.480 e. The average Bonchev–Trinajstić information content (AvgIpc) is 2.88. The normalized spacial score (nSPS) is 15.6. The van der Waals surface area contributed by atoms with Gasteiger partial charge in [0.2, 0.25) is 0 Å². The van der Waals surface area contributed by atoms with Crippen molar-refractivity contribution in [3.05, 3.63) is 95.6 Å². The van der Waals surface area contributed by atoms with Crippen LogP contribution in [-0.2, 0) is 16.8 Å². The molecule has 172 valence electrons. The minimum absolute atomic E-state index is 0.792. The Morgan fingerprint density at radius 2 is 1.45 bits per heavy atom. The molecular formula is C29H34N2O2. The maximum absolute atomic E-state index is 12.5. The quantitative estimate of drug-likeness (QED) is 0.458. The Kier molecular flexibility index (Phi) is 7.02. The van der Waals surface area contributed by atoms with Gasteiger partial charge in [-0.1, -0.05) is 54.6 Å². The highest BCUT2D eigenvalue weighted by molar-refractivity contribution is 5.86. The third kappa shape index (κ3) is 4.90. The third-order valence-electron chi connectivity index (χ3n) is 7.00. The van der Waals surface area contributed by atoms with Crippen molar-refractivity contribution in [2.45, 2.75) is 45.1 Å². The van der Waals surface area contributed by atoms with Crippen LogP contribution in [-0.4, -0.2) is 30.7 Å². The Hall–Kier alpha value is -3.27. The molecule has 0 saturated carbocycles. The summed E-state index contributed by atoms with van der Waals surface area (Å²) in [5.41, 5.74) is 4.03. The van der Waals surface area contributed by atoms with Crippen LogP contribution in [0.1, 0.15) is 49.8 Å². The first-order valence-electron chi connectivity index (χ1n) is 12.0. The number of aliphatic carboxylic acids is 1. The van der Waals surface area contributed by atoms with Gasteiger partial charge in [-0.3, -0.25) is 4.79 Å². The maximum atomic E-state index is 12.5. The molecule has 1 heterocycles. The van der Waals surface area contributed by atoms with Gasteiger partial charge >= 0.3 is 5.97 Å². The van der Waals surface area contributed by atoms with Crippen LogP contribution in [0.5, 0.6) is 0 Å². The molecule has 4 rings (SSSR count). The number of carboxylic acid groups (broad SMARTS) is 1. The molecule has 33 heavy (non-hydrogen) atoms. The fraction of sp³-hybridized carbons (Fsp3) is 0.345. The van der Waals surface area contributed by atoms with Gasteiger partial charge in [-0.05, 0) is 74.1 Å². The number of hydrogen-bond acceptors (Lipinski definition) is 3. The zero-order valence-corrected chi connectivity index (χ0v) is 19.7. The Balaban J connectivity index is 1.57. The lowest BCUT2D eigenvalue weighted by Crippen LogP contribution is -2.34. The van der Waals surface area contributed by atoms with E-state index in [1.807, 2.05) is 49.4 Å². The van der Waals surface area contributed by atoms with Crippen molar-refractivity contribution in [2.75, 3.05) is 29.4 Å². The summed E-state index contributed by atoms with van der Waals surface area (Å²) in [6.07, 6.45) is 3.74. The van der Waals surface area contributed by atoms with Crippen LogP contribution in [0.3, 0.4) is 0 Å². The van der Waals surface area contributed by atoms with Crippen molar-refractivity contribution in [3.63, 3.8) is 0 Å². The van der Waals surface area contributed by atoms with E-state index in [-0.39, 0.29) is 0 Å². The lowest BCUT2D eigenvalue weighted by molar-refractivity contribution is -0.141. The van der Waals surface area contributed by atoms with Crippen LogP contribution in [0.15, 0.2) is 78.9 Å².